The Morgan fingerprint density at radius 1 is 1.56 bits per heavy atom. The molecule has 1 aromatic heterocycles. The fourth-order valence-corrected chi connectivity index (χ4v) is 1.89. The maximum atomic E-state index is 11.6. The number of halogens is 1. The molecule has 0 bridgehead atoms. The van der Waals surface area contributed by atoms with Crippen LogP contribution in [0, 0.1) is 5.92 Å². The summed E-state index contributed by atoms with van der Waals surface area (Å²) in [6.45, 7) is 4.04. The summed E-state index contributed by atoms with van der Waals surface area (Å²) in [5, 5.41) is 11.9. The van der Waals surface area contributed by atoms with Gasteiger partial charge in [-0.3, -0.25) is 4.79 Å². The molecule has 4 nitrogen and oxygen atoms in total. The number of rotatable bonds is 6. The lowest BCUT2D eigenvalue weighted by Crippen LogP contribution is -2.37. The molecule has 0 saturated heterocycles. The first kappa shape index (κ1) is 15.0. The van der Waals surface area contributed by atoms with Crippen LogP contribution in [0.3, 0.4) is 0 Å². The number of furan rings is 1. The molecule has 0 aromatic carbocycles. The Bertz CT molecular complexity index is 412. The molecule has 1 rings (SSSR count). The van der Waals surface area contributed by atoms with Gasteiger partial charge >= 0.3 is 0 Å². The summed E-state index contributed by atoms with van der Waals surface area (Å²) in [5.41, 5.74) is 0. The lowest BCUT2D eigenvalue weighted by atomic mass is 10.0. The van der Waals surface area contributed by atoms with Crippen molar-refractivity contribution >= 4 is 27.9 Å². The van der Waals surface area contributed by atoms with Crippen molar-refractivity contribution in [1.82, 2.24) is 5.32 Å². The maximum Gasteiger partial charge on any atom is 0.244 e. The number of nitrogens with one attached hydrogen (secondary N) is 1. The first-order chi connectivity index (χ1) is 8.51. The topological polar surface area (TPSA) is 62.5 Å². The number of carbonyl (C=O) groups is 1. The predicted octanol–water partition coefficient (Wildman–Crippen LogP) is 2.58. The summed E-state index contributed by atoms with van der Waals surface area (Å²) in [6, 6.07) is 3.31. The lowest BCUT2D eigenvalue weighted by molar-refractivity contribution is -0.117. The van der Waals surface area contributed by atoms with Gasteiger partial charge in [0.2, 0.25) is 5.91 Å². The van der Waals surface area contributed by atoms with Crippen LogP contribution in [-0.4, -0.2) is 23.7 Å². The number of carbonyl (C=O) groups excluding carboxylic acids is 1. The third-order valence-corrected chi connectivity index (χ3v) is 2.74. The first-order valence-electron chi connectivity index (χ1n) is 5.86. The molecule has 1 heterocycles. The molecule has 0 radical (unpaired) electrons. The predicted molar refractivity (Wildman–Crippen MR) is 73.9 cm³/mol. The second kappa shape index (κ2) is 7.38. The van der Waals surface area contributed by atoms with Crippen LogP contribution < -0.4 is 5.32 Å². The second-order valence-corrected chi connectivity index (χ2v) is 5.27. The summed E-state index contributed by atoms with van der Waals surface area (Å²) >= 11 is 3.18. The first-order valence-corrected chi connectivity index (χ1v) is 6.65. The van der Waals surface area contributed by atoms with Crippen molar-refractivity contribution in [2.45, 2.75) is 26.3 Å². The van der Waals surface area contributed by atoms with Crippen molar-refractivity contribution < 1.29 is 14.3 Å². The van der Waals surface area contributed by atoms with E-state index in [4.69, 9.17) is 9.52 Å². The molecule has 100 valence electrons. The quantitative estimate of drug-likeness (QED) is 0.793. The van der Waals surface area contributed by atoms with Crippen LogP contribution >= 0.6 is 15.9 Å². The Hall–Kier alpha value is -1.07. The number of hydrogen-bond acceptors (Lipinski definition) is 3. The molecule has 18 heavy (non-hydrogen) atoms. The Kier molecular flexibility index (Phi) is 6.15. The van der Waals surface area contributed by atoms with E-state index in [1.54, 1.807) is 18.2 Å². The van der Waals surface area contributed by atoms with E-state index in [9.17, 15) is 4.79 Å². The van der Waals surface area contributed by atoms with Crippen molar-refractivity contribution in [2.75, 3.05) is 6.61 Å². The average Bonchev–Trinajstić information content (AvgIpc) is 2.71. The van der Waals surface area contributed by atoms with Crippen LogP contribution in [0.15, 0.2) is 27.3 Å². The molecule has 0 saturated carbocycles. The zero-order valence-electron chi connectivity index (χ0n) is 10.5. The van der Waals surface area contributed by atoms with Gasteiger partial charge in [0.15, 0.2) is 4.67 Å². The molecule has 1 aromatic rings. The number of amides is 1. The van der Waals surface area contributed by atoms with Crippen LogP contribution in [0.1, 0.15) is 26.0 Å². The van der Waals surface area contributed by atoms with E-state index in [1.165, 1.54) is 6.08 Å². The van der Waals surface area contributed by atoms with Gasteiger partial charge in [0, 0.05) is 6.08 Å². The average molecular weight is 316 g/mol. The van der Waals surface area contributed by atoms with Gasteiger partial charge in [-0.05, 0) is 46.5 Å². The third kappa shape index (κ3) is 5.51. The van der Waals surface area contributed by atoms with E-state index in [-0.39, 0.29) is 18.6 Å². The van der Waals surface area contributed by atoms with Crippen LogP contribution in [-0.2, 0) is 4.79 Å². The summed E-state index contributed by atoms with van der Waals surface area (Å²) in [7, 11) is 0. The van der Waals surface area contributed by atoms with Crippen molar-refractivity contribution in [1.29, 1.82) is 0 Å². The van der Waals surface area contributed by atoms with Gasteiger partial charge in [0.25, 0.3) is 0 Å². The van der Waals surface area contributed by atoms with Crippen molar-refractivity contribution in [2.24, 2.45) is 5.92 Å². The van der Waals surface area contributed by atoms with Gasteiger partial charge in [0.1, 0.15) is 5.76 Å². The second-order valence-electron chi connectivity index (χ2n) is 4.49. The number of aliphatic hydroxyl groups is 1. The fourth-order valence-electron chi connectivity index (χ4n) is 1.57. The van der Waals surface area contributed by atoms with E-state index in [2.05, 4.69) is 21.2 Å². The molecule has 0 spiro atoms. The van der Waals surface area contributed by atoms with Crippen LogP contribution in [0.2, 0.25) is 0 Å². The molecule has 0 fully saturated rings. The minimum atomic E-state index is -0.234. The molecule has 1 atom stereocenters. The third-order valence-electron chi connectivity index (χ3n) is 2.32. The molecule has 1 unspecified atom stereocenters. The standard InChI is InChI=1S/C13H18BrNO3/c1-9(2)7-10(8-16)15-13(17)6-4-11-3-5-12(14)18-11/h3-6,9-10,16H,7-8H2,1-2H3,(H,15,17). The molecule has 0 aliphatic carbocycles. The molecule has 0 aliphatic rings. The number of hydrogen-bond donors (Lipinski definition) is 2. The zero-order valence-corrected chi connectivity index (χ0v) is 12.1. The molecule has 0 aliphatic heterocycles. The monoisotopic (exact) mass is 315 g/mol. The van der Waals surface area contributed by atoms with E-state index < -0.39 is 0 Å². The molecular formula is C13H18BrNO3. The molecule has 2 N–H and O–H groups in total. The van der Waals surface area contributed by atoms with E-state index in [1.807, 2.05) is 13.8 Å². The maximum absolute atomic E-state index is 11.6. The highest BCUT2D eigenvalue weighted by atomic mass is 79.9. The Morgan fingerprint density at radius 3 is 2.78 bits per heavy atom. The van der Waals surface area contributed by atoms with Gasteiger partial charge in [-0.15, -0.1) is 0 Å². The Labute approximate surface area is 115 Å². The number of aliphatic hydroxyl groups excluding tert-OH is 1. The van der Waals surface area contributed by atoms with E-state index >= 15 is 0 Å². The van der Waals surface area contributed by atoms with Crippen LogP contribution in [0.5, 0.6) is 0 Å². The van der Waals surface area contributed by atoms with Gasteiger partial charge in [-0.2, -0.15) is 0 Å². The van der Waals surface area contributed by atoms with Crippen molar-refractivity contribution in [3.8, 4) is 0 Å². The van der Waals surface area contributed by atoms with Crippen LogP contribution in [0.25, 0.3) is 6.08 Å². The highest BCUT2D eigenvalue weighted by Crippen LogP contribution is 2.14. The Balaban J connectivity index is 2.47. The lowest BCUT2D eigenvalue weighted by Gasteiger charge is -2.16. The van der Waals surface area contributed by atoms with Crippen molar-refractivity contribution in [3.05, 3.63) is 28.6 Å². The normalized spacial score (nSPS) is 13.2. The molecule has 5 heteroatoms. The highest BCUT2D eigenvalue weighted by molar-refractivity contribution is 9.10. The van der Waals surface area contributed by atoms with Crippen molar-refractivity contribution in [3.63, 3.8) is 0 Å². The summed E-state index contributed by atoms with van der Waals surface area (Å²) in [4.78, 5) is 11.6. The highest BCUT2D eigenvalue weighted by Gasteiger charge is 2.11. The SMILES string of the molecule is CC(C)CC(CO)NC(=O)C=Cc1ccc(Br)o1. The zero-order chi connectivity index (χ0) is 13.5. The van der Waals surface area contributed by atoms with E-state index in [0.717, 1.165) is 6.42 Å². The summed E-state index contributed by atoms with van der Waals surface area (Å²) in [6.07, 6.45) is 3.74. The Morgan fingerprint density at radius 2 is 2.28 bits per heavy atom. The van der Waals surface area contributed by atoms with Crippen LogP contribution in [0.4, 0.5) is 0 Å². The smallest absolute Gasteiger partial charge is 0.244 e. The summed E-state index contributed by atoms with van der Waals surface area (Å²) in [5.74, 6) is 0.788. The minimum Gasteiger partial charge on any atom is -0.450 e. The summed E-state index contributed by atoms with van der Waals surface area (Å²) < 4.78 is 5.85. The van der Waals surface area contributed by atoms with Gasteiger partial charge in [0.05, 0.1) is 12.6 Å². The minimum absolute atomic E-state index is 0.0515. The van der Waals surface area contributed by atoms with Gasteiger partial charge < -0.3 is 14.8 Å². The molecule has 1 amide bonds. The van der Waals surface area contributed by atoms with E-state index in [0.29, 0.717) is 16.3 Å². The fraction of sp³-hybridized carbons (Fsp3) is 0.462. The largest absolute Gasteiger partial charge is 0.450 e. The molecular weight excluding hydrogens is 298 g/mol. The van der Waals surface area contributed by atoms with Gasteiger partial charge in [-0.25, -0.2) is 0 Å². The van der Waals surface area contributed by atoms with Gasteiger partial charge in [-0.1, -0.05) is 13.8 Å².